The quantitative estimate of drug-likeness (QED) is 0.743. The van der Waals surface area contributed by atoms with Crippen LogP contribution in [-0.4, -0.2) is 22.9 Å². The van der Waals surface area contributed by atoms with E-state index in [1.165, 1.54) is 30.5 Å². The first kappa shape index (κ1) is 21.3. The van der Waals surface area contributed by atoms with E-state index in [2.05, 4.69) is 20.4 Å². The van der Waals surface area contributed by atoms with Crippen molar-refractivity contribution < 1.29 is 23.1 Å². The van der Waals surface area contributed by atoms with E-state index in [1.807, 2.05) is 0 Å². The maximum Gasteiger partial charge on any atom is 0.394 e. The van der Waals surface area contributed by atoms with Gasteiger partial charge < -0.3 is 15.4 Å². The summed E-state index contributed by atoms with van der Waals surface area (Å²) in [6.45, 7) is 5.88. The summed E-state index contributed by atoms with van der Waals surface area (Å²) in [5.41, 5.74) is 0.922. The van der Waals surface area contributed by atoms with Crippen molar-refractivity contribution in [2.24, 2.45) is 5.92 Å². The number of benzene rings is 1. The van der Waals surface area contributed by atoms with Crippen LogP contribution in [0.3, 0.4) is 0 Å². The molecule has 8 heteroatoms. The molecule has 0 aliphatic carbocycles. The fraction of sp³-hybridized carbons (Fsp3) is 0.350. The van der Waals surface area contributed by atoms with Crippen LogP contribution in [-0.2, 0) is 4.79 Å². The van der Waals surface area contributed by atoms with E-state index >= 15 is 0 Å². The van der Waals surface area contributed by atoms with Gasteiger partial charge in [0.05, 0.1) is 6.04 Å². The summed E-state index contributed by atoms with van der Waals surface area (Å²) in [7, 11) is 0. The van der Waals surface area contributed by atoms with Gasteiger partial charge in [0.2, 0.25) is 5.91 Å². The first-order valence-corrected chi connectivity index (χ1v) is 8.80. The van der Waals surface area contributed by atoms with E-state index < -0.39 is 12.2 Å². The highest BCUT2D eigenvalue weighted by atomic mass is 19.3. The molecule has 2 rings (SSSR count). The minimum Gasteiger partial charge on any atom is -0.433 e. The van der Waals surface area contributed by atoms with Gasteiger partial charge in [0.15, 0.2) is 0 Å². The predicted molar refractivity (Wildman–Crippen MR) is 101 cm³/mol. The van der Waals surface area contributed by atoms with Gasteiger partial charge >= 0.3 is 6.11 Å². The molecule has 0 aliphatic heterocycles. The number of aromatic nitrogens is 1. The molecule has 0 bridgehead atoms. The van der Waals surface area contributed by atoms with Gasteiger partial charge in [-0.05, 0) is 36.8 Å². The summed E-state index contributed by atoms with van der Waals surface area (Å²) in [5.74, 6) is -0.525. The normalized spacial score (nSPS) is 12.4. The molecule has 2 N–H and O–H groups in total. The van der Waals surface area contributed by atoms with Crippen LogP contribution in [0.4, 0.5) is 14.6 Å². The third-order valence-electron chi connectivity index (χ3n) is 3.80. The molecular weight excluding hydrogens is 368 g/mol. The van der Waals surface area contributed by atoms with Crippen LogP contribution >= 0.6 is 0 Å². The largest absolute Gasteiger partial charge is 0.433 e. The Morgan fingerprint density at radius 1 is 1.14 bits per heavy atom. The van der Waals surface area contributed by atoms with Crippen LogP contribution in [0.1, 0.15) is 49.7 Å². The highest BCUT2D eigenvalue weighted by Crippen LogP contribution is 2.24. The molecule has 2 aromatic rings. The summed E-state index contributed by atoms with van der Waals surface area (Å²) < 4.78 is 30.6. The Hall–Kier alpha value is -3.03. The number of pyridine rings is 1. The van der Waals surface area contributed by atoms with Gasteiger partial charge in [-0.1, -0.05) is 26.0 Å². The Kier molecular flexibility index (Phi) is 6.66. The second kappa shape index (κ2) is 8.77. The van der Waals surface area contributed by atoms with Crippen LogP contribution < -0.4 is 15.4 Å². The molecule has 6 nitrogen and oxygen atoms in total. The molecule has 1 aromatic heterocycles. The fourth-order valence-electron chi connectivity index (χ4n) is 2.33. The Bertz CT molecular complexity index is 851. The second-order valence-electron chi connectivity index (χ2n) is 6.75. The smallest absolute Gasteiger partial charge is 0.394 e. The van der Waals surface area contributed by atoms with E-state index in [0.717, 1.165) is 0 Å². The summed E-state index contributed by atoms with van der Waals surface area (Å²) in [5, 5.41) is 5.42. The molecule has 1 atom stereocenters. The SMILES string of the molecule is CC(C)C(=O)Nc1cc(C(=O)NC(C)c2cccc(OC(C)(F)F)c2)ccn1. The Balaban J connectivity index is 2.08. The Morgan fingerprint density at radius 2 is 1.86 bits per heavy atom. The highest BCUT2D eigenvalue weighted by molar-refractivity contribution is 5.97. The fourth-order valence-corrected chi connectivity index (χ4v) is 2.33. The van der Waals surface area contributed by atoms with Gasteiger partial charge in [-0.15, -0.1) is 0 Å². The van der Waals surface area contributed by atoms with Crippen molar-refractivity contribution in [1.82, 2.24) is 10.3 Å². The van der Waals surface area contributed by atoms with Gasteiger partial charge in [0, 0.05) is 24.6 Å². The number of amides is 2. The molecule has 0 fully saturated rings. The van der Waals surface area contributed by atoms with Crippen molar-refractivity contribution in [3.05, 3.63) is 53.7 Å². The molecule has 1 aromatic carbocycles. The number of ether oxygens (including phenoxy) is 1. The minimum atomic E-state index is -3.29. The third-order valence-corrected chi connectivity index (χ3v) is 3.80. The van der Waals surface area contributed by atoms with E-state index in [9.17, 15) is 18.4 Å². The van der Waals surface area contributed by atoms with Crippen LogP contribution in [0.2, 0.25) is 0 Å². The Labute approximate surface area is 162 Å². The number of hydrogen-bond donors (Lipinski definition) is 2. The molecule has 0 saturated carbocycles. The summed E-state index contributed by atoms with van der Waals surface area (Å²) >= 11 is 0. The lowest BCUT2D eigenvalue weighted by atomic mass is 10.1. The lowest BCUT2D eigenvalue weighted by Crippen LogP contribution is -2.27. The van der Waals surface area contributed by atoms with Gasteiger partial charge in [-0.25, -0.2) is 4.98 Å². The minimum absolute atomic E-state index is 0.00805. The van der Waals surface area contributed by atoms with Crippen molar-refractivity contribution in [3.63, 3.8) is 0 Å². The van der Waals surface area contributed by atoms with Crippen molar-refractivity contribution in [3.8, 4) is 5.75 Å². The summed E-state index contributed by atoms with van der Waals surface area (Å²) in [6, 6.07) is 8.68. The monoisotopic (exact) mass is 391 g/mol. The number of nitrogens with one attached hydrogen (secondary N) is 2. The van der Waals surface area contributed by atoms with E-state index in [1.54, 1.807) is 32.9 Å². The van der Waals surface area contributed by atoms with Crippen LogP contribution in [0.5, 0.6) is 5.75 Å². The molecule has 0 radical (unpaired) electrons. The first-order chi connectivity index (χ1) is 13.0. The predicted octanol–water partition coefficient (Wildman–Crippen LogP) is 4.16. The molecule has 28 heavy (non-hydrogen) atoms. The average molecular weight is 391 g/mol. The maximum atomic E-state index is 13.0. The third kappa shape index (κ3) is 6.29. The van der Waals surface area contributed by atoms with Crippen LogP contribution in [0.15, 0.2) is 42.6 Å². The number of halogens is 2. The highest BCUT2D eigenvalue weighted by Gasteiger charge is 2.23. The molecule has 2 amide bonds. The number of anilines is 1. The van der Waals surface area contributed by atoms with Crippen LogP contribution in [0, 0.1) is 5.92 Å². The van der Waals surface area contributed by atoms with Gasteiger partial charge in [0.25, 0.3) is 5.91 Å². The number of carbonyl (C=O) groups excluding carboxylic acids is 2. The zero-order chi connectivity index (χ0) is 20.9. The summed E-state index contributed by atoms with van der Waals surface area (Å²) in [4.78, 5) is 28.3. The number of hydrogen-bond acceptors (Lipinski definition) is 4. The molecule has 1 heterocycles. The standard InChI is InChI=1S/C20H23F2N3O3/c1-12(2)18(26)25-17-11-15(8-9-23-17)19(27)24-13(3)14-6-5-7-16(10-14)28-20(4,21)22/h5-13H,1-4H3,(H,24,27)(H,23,25,26). The molecule has 0 saturated heterocycles. The van der Waals surface area contributed by atoms with Crippen molar-refractivity contribution in [2.75, 3.05) is 5.32 Å². The number of rotatable bonds is 7. The first-order valence-electron chi connectivity index (χ1n) is 8.80. The van der Waals surface area contributed by atoms with Crippen molar-refractivity contribution >= 4 is 17.6 Å². The molecule has 0 aliphatic rings. The van der Waals surface area contributed by atoms with Gasteiger partial charge in [-0.2, -0.15) is 8.78 Å². The average Bonchev–Trinajstić information content (AvgIpc) is 2.60. The molecule has 150 valence electrons. The van der Waals surface area contributed by atoms with Gasteiger partial charge in [0.1, 0.15) is 11.6 Å². The van der Waals surface area contributed by atoms with E-state index in [0.29, 0.717) is 18.1 Å². The topological polar surface area (TPSA) is 80.3 Å². The van der Waals surface area contributed by atoms with Crippen molar-refractivity contribution in [2.45, 2.75) is 39.8 Å². The van der Waals surface area contributed by atoms with E-state index in [-0.39, 0.29) is 29.3 Å². The maximum absolute atomic E-state index is 13.0. The zero-order valence-electron chi connectivity index (χ0n) is 16.1. The number of nitrogens with zero attached hydrogens (tertiary/aromatic N) is 1. The molecule has 1 unspecified atom stereocenters. The van der Waals surface area contributed by atoms with Crippen LogP contribution in [0.25, 0.3) is 0 Å². The van der Waals surface area contributed by atoms with Crippen molar-refractivity contribution in [1.29, 1.82) is 0 Å². The van der Waals surface area contributed by atoms with E-state index in [4.69, 9.17) is 0 Å². The number of alkyl halides is 2. The Morgan fingerprint density at radius 3 is 2.50 bits per heavy atom. The lowest BCUT2D eigenvalue weighted by molar-refractivity contribution is -0.159. The summed E-state index contributed by atoms with van der Waals surface area (Å²) in [6.07, 6.45) is -1.87. The number of carbonyl (C=O) groups is 2. The van der Waals surface area contributed by atoms with Gasteiger partial charge in [-0.3, -0.25) is 9.59 Å². The zero-order valence-corrected chi connectivity index (χ0v) is 16.1. The lowest BCUT2D eigenvalue weighted by Gasteiger charge is -2.17. The molecular formula is C20H23F2N3O3. The molecule has 0 spiro atoms. The second-order valence-corrected chi connectivity index (χ2v) is 6.75.